The summed E-state index contributed by atoms with van der Waals surface area (Å²) in [7, 11) is 0. The van der Waals surface area contributed by atoms with Crippen LogP contribution in [-0.2, 0) is 77.0 Å². The first-order valence-corrected chi connectivity index (χ1v) is 39.3. The van der Waals surface area contributed by atoms with Crippen LogP contribution in [0.1, 0.15) is 134 Å². The minimum atomic E-state index is 0.806. The average molecular weight is 1440 g/mol. The normalized spacial score (nSPS) is 14.6. The third kappa shape index (κ3) is 9.05. The molecule has 12 nitrogen and oxygen atoms in total. The lowest BCUT2D eigenvalue weighted by molar-refractivity contribution is 0.922. The highest BCUT2D eigenvalue weighted by Crippen LogP contribution is 2.60. The second-order valence-corrected chi connectivity index (χ2v) is 31.5. The number of hydrogen-bond acceptors (Lipinski definition) is 12. The maximum Gasteiger partial charge on any atom is 0.0717 e. The first-order valence-electron chi connectivity index (χ1n) is 39.3. The molecule has 0 fully saturated rings. The fourth-order valence-electron chi connectivity index (χ4n) is 21.0. The van der Waals surface area contributed by atoms with Gasteiger partial charge in [0.05, 0.1) is 102 Å². The third-order valence-electron chi connectivity index (χ3n) is 25.6. The highest BCUT2D eigenvalue weighted by molar-refractivity contribution is 6.00. The van der Waals surface area contributed by atoms with Gasteiger partial charge >= 0.3 is 0 Å². The quantitative estimate of drug-likeness (QED) is 0.144. The fraction of sp³-hybridized carbons (Fsp3) is 0.120. The number of aromatic nitrogens is 8. The van der Waals surface area contributed by atoms with Gasteiger partial charge in [-0.15, -0.1) is 0 Å². The fourth-order valence-corrected chi connectivity index (χ4v) is 21.0. The summed E-state index contributed by atoms with van der Waals surface area (Å²) in [6.07, 6.45) is 30.7. The summed E-state index contributed by atoms with van der Waals surface area (Å²) in [5.74, 6) is 0. The molecule has 16 aromatic rings. The number of anilines is 12. The van der Waals surface area contributed by atoms with Crippen molar-refractivity contribution in [1.82, 2.24) is 39.9 Å². The van der Waals surface area contributed by atoms with Gasteiger partial charge in [0.15, 0.2) is 0 Å². The van der Waals surface area contributed by atoms with Crippen molar-refractivity contribution in [1.29, 1.82) is 0 Å². The summed E-state index contributed by atoms with van der Waals surface area (Å²) in [6, 6.07) is 75.2. The van der Waals surface area contributed by atoms with Crippen molar-refractivity contribution >= 4 is 68.2 Å². The predicted molar refractivity (Wildman–Crippen MR) is 442 cm³/mol. The molecule has 8 aromatic heterocycles. The van der Waals surface area contributed by atoms with Crippen molar-refractivity contribution in [2.75, 3.05) is 19.6 Å². The Morgan fingerprint density at radius 1 is 0.170 bits per heavy atom. The topological polar surface area (TPSA) is 116 Å². The van der Waals surface area contributed by atoms with Crippen molar-refractivity contribution in [3.8, 4) is 44.5 Å². The number of hydrogen-bond donors (Lipinski definition) is 0. The van der Waals surface area contributed by atoms with Crippen molar-refractivity contribution < 1.29 is 0 Å². The molecule has 0 unspecified atom stereocenters. The smallest absolute Gasteiger partial charge is 0.0717 e. The van der Waals surface area contributed by atoms with E-state index in [0.717, 1.165) is 106 Å². The van der Waals surface area contributed by atoms with Crippen LogP contribution < -0.4 is 19.6 Å². The van der Waals surface area contributed by atoms with Crippen LogP contribution in [0.5, 0.6) is 0 Å². The molecule has 0 amide bonds. The van der Waals surface area contributed by atoms with Crippen LogP contribution in [0.3, 0.4) is 0 Å². The molecule has 28 rings (SSSR count). The van der Waals surface area contributed by atoms with Gasteiger partial charge in [-0.2, -0.15) is 0 Å². The molecular formula is C100H68N12. The lowest BCUT2D eigenvalue weighted by Gasteiger charge is -2.39. The van der Waals surface area contributed by atoms with Gasteiger partial charge in [0.25, 0.3) is 0 Å². The van der Waals surface area contributed by atoms with Crippen molar-refractivity contribution in [3.63, 3.8) is 0 Å². The van der Waals surface area contributed by atoms with Crippen LogP contribution in [-0.4, -0.2) is 39.9 Å². The molecular weight excluding hydrogens is 1370 g/mol. The van der Waals surface area contributed by atoms with Crippen LogP contribution in [0.15, 0.2) is 268 Å². The molecule has 0 saturated heterocycles. The summed E-state index contributed by atoms with van der Waals surface area (Å²) in [4.78, 5) is 47.1. The molecule has 0 radical (unpaired) electrons. The van der Waals surface area contributed by atoms with Crippen LogP contribution in [0.4, 0.5) is 68.2 Å². The standard InChI is InChI=1S/4C25H17N3/c1-2-5-18-15(4-1)13-20-19(18)8-7-16-12-17-9-11-27-22-14-21-23(6-3-10-26-21)28(24(16)20)25(17)22;1-2-5-18-15(4-1)12-20-19(18)8-7-16-14-22-25-17(9-11-27-22)13-21-23(6-3-10-26-21)28(25)24(16)20;1-2-5-19-15(4-1)11-21-20(19)8-7-16-10-17-13-26-14-18-12-22-23(6-3-9-27-22)28(24(17)18)25(16)21;1-2-4-19-15(3-1)12-21-20(19)6-5-16-11-17-7-10-27-22-13-18-14-26-9-8-23(18)28(24(16)21)25(17)22/h2*1-11H,12-14H2;1-9,13-14H,10-12H2;1-10,14H,11-13H2. The van der Waals surface area contributed by atoms with Crippen LogP contribution in [0.2, 0.25) is 0 Å². The second-order valence-electron chi connectivity index (χ2n) is 31.5. The molecule has 0 saturated carbocycles. The van der Waals surface area contributed by atoms with Crippen molar-refractivity contribution in [2.24, 2.45) is 0 Å². The lowest BCUT2D eigenvalue weighted by atomic mass is 9.87. The maximum absolute atomic E-state index is 4.75. The molecule has 16 heterocycles. The van der Waals surface area contributed by atoms with Gasteiger partial charge in [0.1, 0.15) is 0 Å². The summed E-state index contributed by atoms with van der Waals surface area (Å²) in [5.41, 5.74) is 58.3. The molecule has 12 aliphatic rings. The van der Waals surface area contributed by atoms with Gasteiger partial charge in [-0.1, -0.05) is 146 Å². The Balaban J connectivity index is 0.0000000847. The number of pyridine rings is 8. The molecule has 0 spiro atoms. The largest absolute Gasteiger partial charge is 0.307 e. The minimum absolute atomic E-state index is 0.806. The molecule has 0 N–H and O–H groups in total. The van der Waals surface area contributed by atoms with Crippen molar-refractivity contribution in [3.05, 3.63) is 403 Å². The predicted octanol–water partition coefficient (Wildman–Crippen LogP) is 21.3. The summed E-state index contributed by atoms with van der Waals surface area (Å²) < 4.78 is 0. The maximum atomic E-state index is 4.75. The molecule has 4 aliphatic carbocycles. The lowest BCUT2D eigenvalue weighted by Crippen LogP contribution is -2.27. The van der Waals surface area contributed by atoms with E-state index < -0.39 is 0 Å². The Hall–Kier alpha value is -13.8. The summed E-state index contributed by atoms with van der Waals surface area (Å²) in [6.45, 7) is 0. The molecule has 8 aliphatic heterocycles. The monoisotopic (exact) mass is 1440 g/mol. The minimum Gasteiger partial charge on any atom is -0.307 e. The Kier molecular flexibility index (Phi) is 13.2. The zero-order chi connectivity index (χ0) is 73.0. The van der Waals surface area contributed by atoms with E-state index in [-0.39, 0.29) is 0 Å². The van der Waals surface area contributed by atoms with E-state index in [2.05, 4.69) is 224 Å². The van der Waals surface area contributed by atoms with E-state index in [9.17, 15) is 0 Å². The van der Waals surface area contributed by atoms with E-state index in [4.69, 9.17) is 29.9 Å². The molecule has 8 aromatic carbocycles. The van der Waals surface area contributed by atoms with Gasteiger partial charge in [0, 0.05) is 150 Å². The summed E-state index contributed by atoms with van der Waals surface area (Å²) >= 11 is 0. The van der Waals surface area contributed by atoms with Gasteiger partial charge in [-0.3, -0.25) is 39.9 Å². The van der Waals surface area contributed by atoms with Crippen LogP contribution in [0.25, 0.3) is 44.5 Å². The zero-order valence-corrected chi connectivity index (χ0v) is 61.3. The van der Waals surface area contributed by atoms with Crippen LogP contribution in [0, 0.1) is 0 Å². The third-order valence-corrected chi connectivity index (χ3v) is 25.6. The highest BCUT2D eigenvalue weighted by atomic mass is 15.2. The van der Waals surface area contributed by atoms with E-state index in [1.54, 1.807) is 0 Å². The number of rotatable bonds is 0. The average Bonchev–Trinajstić information content (AvgIpc) is 1.55. The molecule has 0 atom stereocenters. The molecule has 112 heavy (non-hydrogen) atoms. The van der Waals surface area contributed by atoms with Gasteiger partial charge in [-0.05, 0) is 194 Å². The Morgan fingerprint density at radius 2 is 0.482 bits per heavy atom. The van der Waals surface area contributed by atoms with Gasteiger partial charge in [0.2, 0.25) is 0 Å². The number of benzene rings is 8. The summed E-state index contributed by atoms with van der Waals surface area (Å²) in [5, 5.41) is 0. The van der Waals surface area contributed by atoms with E-state index in [1.807, 2.05) is 74.1 Å². The zero-order valence-electron chi connectivity index (χ0n) is 61.3. The Bertz CT molecular complexity index is 5980. The second kappa shape index (κ2) is 23.8. The Labute approximate surface area is 647 Å². The van der Waals surface area contributed by atoms with Crippen molar-refractivity contribution in [2.45, 2.75) is 77.0 Å². The molecule has 528 valence electrons. The van der Waals surface area contributed by atoms with Gasteiger partial charge in [-0.25, -0.2) is 0 Å². The first kappa shape index (κ1) is 62.1. The first-order chi connectivity index (χ1) is 55.5. The number of fused-ring (bicyclic) bond motifs is 32. The van der Waals surface area contributed by atoms with E-state index in [0.29, 0.717) is 0 Å². The molecule has 12 heteroatoms. The highest BCUT2D eigenvalue weighted by Gasteiger charge is 2.42. The van der Waals surface area contributed by atoms with E-state index >= 15 is 0 Å². The van der Waals surface area contributed by atoms with Gasteiger partial charge < -0.3 is 19.6 Å². The Morgan fingerprint density at radius 3 is 0.929 bits per heavy atom. The molecule has 0 bridgehead atoms. The van der Waals surface area contributed by atoms with Crippen LogP contribution >= 0.6 is 0 Å². The SMILES string of the molecule is c1ccc2c(c1)Cc1c-2ccc2c1N1c3cccnc3Cc3ccnc(c31)C2.c1ccc2c(c1)Cc1c-2ccc2c1N1c3cccnc3Cc3cncc(c31)C2.c1ccc2c(c1)Cc1c-2ccc2c1N1c3cccnc3Cc3nccc(c31)C2.c1ccc2c(c1)Cc1c-2ccc2c1N1c3ccncc3Cc3nccc(c31)C2. The van der Waals surface area contributed by atoms with E-state index in [1.165, 1.54) is 219 Å². The number of nitrogens with zero attached hydrogens (tertiary/aromatic N) is 12.